The highest BCUT2D eigenvalue weighted by atomic mass is 16.5. The molecule has 9 nitrogen and oxygen atoms in total. The van der Waals surface area contributed by atoms with E-state index >= 15 is 0 Å². The zero-order valence-electron chi connectivity index (χ0n) is 18.6. The van der Waals surface area contributed by atoms with Crippen LogP contribution in [0.3, 0.4) is 0 Å². The third-order valence-electron chi connectivity index (χ3n) is 4.47. The molecule has 1 rings (SSSR count). The van der Waals surface area contributed by atoms with Crippen LogP contribution in [-0.2, 0) is 30.5 Å². The lowest BCUT2D eigenvalue weighted by molar-refractivity contribution is -0.148. The maximum Gasteiger partial charge on any atom is 0.408 e. The Balaban J connectivity index is 2.74. The largest absolute Gasteiger partial charge is 0.466 e. The first-order chi connectivity index (χ1) is 14.6. The van der Waals surface area contributed by atoms with Crippen LogP contribution in [0.1, 0.15) is 46.1 Å². The quantitative estimate of drug-likeness (QED) is 0.429. The fraction of sp³-hybridized carbons (Fsp3) is 0.545. The van der Waals surface area contributed by atoms with Crippen LogP contribution in [0.5, 0.6) is 0 Å². The lowest BCUT2D eigenvalue weighted by atomic mass is 9.99. The maximum atomic E-state index is 12.8. The number of primary amides is 1. The van der Waals surface area contributed by atoms with E-state index in [4.69, 9.17) is 15.2 Å². The number of amides is 3. The first-order valence-corrected chi connectivity index (χ1v) is 10.4. The molecule has 4 N–H and O–H groups in total. The molecule has 0 bridgehead atoms. The topological polar surface area (TPSA) is 137 Å². The molecule has 31 heavy (non-hydrogen) atoms. The van der Waals surface area contributed by atoms with Crippen molar-refractivity contribution in [1.82, 2.24) is 10.6 Å². The number of esters is 1. The molecule has 0 radical (unpaired) electrons. The average molecular weight is 436 g/mol. The molecule has 0 saturated carbocycles. The number of rotatable bonds is 12. The summed E-state index contributed by atoms with van der Waals surface area (Å²) in [6.45, 7) is 7.32. The molecule has 0 aliphatic heterocycles. The number of carbonyl (C=O) groups is 4. The second kappa shape index (κ2) is 13.3. The predicted molar refractivity (Wildman–Crippen MR) is 115 cm³/mol. The lowest BCUT2D eigenvalue weighted by Gasteiger charge is -2.24. The lowest BCUT2D eigenvalue weighted by Crippen LogP contribution is -2.54. The van der Waals surface area contributed by atoms with Gasteiger partial charge in [0.1, 0.15) is 18.7 Å². The number of benzene rings is 1. The van der Waals surface area contributed by atoms with Crippen molar-refractivity contribution in [2.24, 2.45) is 17.6 Å². The minimum absolute atomic E-state index is 0.00718. The van der Waals surface area contributed by atoms with Gasteiger partial charge in [0.25, 0.3) is 0 Å². The Morgan fingerprint density at radius 2 is 1.58 bits per heavy atom. The van der Waals surface area contributed by atoms with E-state index in [9.17, 15) is 19.2 Å². The van der Waals surface area contributed by atoms with Crippen molar-refractivity contribution in [2.45, 2.75) is 59.2 Å². The van der Waals surface area contributed by atoms with Crippen molar-refractivity contribution >= 4 is 23.9 Å². The summed E-state index contributed by atoms with van der Waals surface area (Å²) in [6, 6.07) is 7.12. The molecule has 0 aliphatic carbocycles. The minimum Gasteiger partial charge on any atom is -0.466 e. The SMILES string of the molecule is CCOC(=O)[C@@H](C)C[C@@H](NC(=O)[C@H](CC(C)C)NC(=O)OCc1ccccc1)C(N)=O. The summed E-state index contributed by atoms with van der Waals surface area (Å²) in [5.74, 6) is -2.39. The monoisotopic (exact) mass is 435 g/mol. The molecular formula is C22H33N3O6. The fourth-order valence-corrected chi connectivity index (χ4v) is 2.86. The van der Waals surface area contributed by atoms with E-state index in [-0.39, 0.29) is 25.6 Å². The zero-order chi connectivity index (χ0) is 23.4. The molecule has 0 saturated heterocycles. The first kappa shape index (κ1) is 25.9. The van der Waals surface area contributed by atoms with Gasteiger partial charge in [-0.1, -0.05) is 51.1 Å². The highest BCUT2D eigenvalue weighted by molar-refractivity contribution is 5.91. The Bertz CT molecular complexity index is 738. The van der Waals surface area contributed by atoms with Gasteiger partial charge in [-0.05, 0) is 31.2 Å². The van der Waals surface area contributed by atoms with Crippen LogP contribution in [0.25, 0.3) is 0 Å². The van der Waals surface area contributed by atoms with Gasteiger partial charge in [0.05, 0.1) is 12.5 Å². The van der Waals surface area contributed by atoms with E-state index < -0.39 is 41.9 Å². The number of alkyl carbamates (subject to hydrolysis) is 1. The van der Waals surface area contributed by atoms with Gasteiger partial charge in [0.2, 0.25) is 11.8 Å². The van der Waals surface area contributed by atoms with E-state index in [0.717, 1.165) is 5.56 Å². The summed E-state index contributed by atoms with van der Waals surface area (Å²) in [6.07, 6.45) is -0.432. The number of carbonyl (C=O) groups excluding carboxylic acids is 4. The third kappa shape index (κ3) is 9.97. The smallest absolute Gasteiger partial charge is 0.408 e. The van der Waals surface area contributed by atoms with E-state index in [2.05, 4.69) is 10.6 Å². The molecule has 1 aromatic rings. The number of hydrogen-bond acceptors (Lipinski definition) is 6. The molecule has 0 unspecified atom stereocenters. The third-order valence-corrected chi connectivity index (χ3v) is 4.47. The van der Waals surface area contributed by atoms with Gasteiger partial charge >= 0.3 is 12.1 Å². The standard InChI is InChI=1S/C22H33N3O6/c1-5-30-21(28)15(4)12-17(19(23)26)24-20(27)18(11-14(2)3)25-22(29)31-13-16-9-7-6-8-10-16/h6-10,14-15,17-18H,5,11-13H2,1-4H3,(H2,23,26)(H,24,27)(H,25,29)/t15-,17+,18-/m0/s1. The Labute approximate surface area is 183 Å². The highest BCUT2D eigenvalue weighted by Gasteiger charge is 2.29. The van der Waals surface area contributed by atoms with Gasteiger partial charge < -0.3 is 25.8 Å². The molecule has 0 fully saturated rings. The van der Waals surface area contributed by atoms with Gasteiger partial charge in [0.15, 0.2) is 0 Å². The molecule has 9 heteroatoms. The number of nitrogens with two attached hydrogens (primary N) is 1. The summed E-state index contributed by atoms with van der Waals surface area (Å²) < 4.78 is 10.1. The molecular weight excluding hydrogens is 402 g/mol. The van der Waals surface area contributed by atoms with E-state index in [1.54, 1.807) is 13.8 Å². The zero-order valence-corrected chi connectivity index (χ0v) is 18.6. The minimum atomic E-state index is -1.08. The van der Waals surface area contributed by atoms with Gasteiger partial charge in [-0.25, -0.2) is 4.79 Å². The second-order valence-electron chi connectivity index (χ2n) is 7.74. The van der Waals surface area contributed by atoms with E-state index in [1.807, 2.05) is 44.2 Å². The van der Waals surface area contributed by atoms with Gasteiger partial charge in [-0.3, -0.25) is 14.4 Å². The molecule has 0 aromatic heterocycles. The van der Waals surface area contributed by atoms with Gasteiger partial charge in [-0.2, -0.15) is 0 Å². The van der Waals surface area contributed by atoms with Crippen LogP contribution >= 0.6 is 0 Å². The van der Waals surface area contributed by atoms with Gasteiger partial charge in [0, 0.05) is 0 Å². The summed E-state index contributed by atoms with van der Waals surface area (Å²) >= 11 is 0. The van der Waals surface area contributed by atoms with Gasteiger partial charge in [-0.15, -0.1) is 0 Å². The Morgan fingerprint density at radius 1 is 0.935 bits per heavy atom. The maximum absolute atomic E-state index is 12.8. The molecule has 0 heterocycles. The molecule has 1 aromatic carbocycles. The van der Waals surface area contributed by atoms with E-state index in [1.165, 1.54) is 0 Å². The molecule has 3 atom stereocenters. The van der Waals surface area contributed by atoms with Crippen molar-refractivity contribution in [3.05, 3.63) is 35.9 Å². The summed E-state index contributed by atoms with van der Waals surface area (Å²) in [4.78, 5) is 48.6. The van der Waals surface area contributed by atoms with Crippen LogP contribution in [0.15, 0.2) is 30.3 Å². The van der Waals surface area contributed by atoms with Crippen LogP contribution in [0.2, 0.25) is 0 Å². The summed E-state index contributed by atoms with van der Waals surface area (Å²) in [5.41, 5.74) is 6.21. The summed E-state index contributed by atoms with van der Waals surface area (Å²) in [5, 5.41) is 5.08. The van der Waals surface area contributed by atoms with Crippen LogP contribution < -0.4 is 16.4 Å². The fourth-order valence-electron chi connectivity index (χ4n) is 2.86. The predicted octanol–water partition coefficient (Wildman–Crippen LogP) is 1.89. The molecule has 0 spiro atoms. The van der Waals surface area contributed by atoms with Crippen LogP contribution in [-0.4, -0.2) is 42.6 Å². The van der Waals surface area contributed by atoms with Crippen molar-refractivity contribution in [3.63, 3.8) is 0 Å². The Kier molecular flexibility index (Phi) is 11.1. The Morgan fingerprint density at radius 3 is 2.13 bits per heavy atom. The molecule has 0 aliphatic rings. The van der Waals surface area contributed by atoms with Crippen LogP contribution in [0, 0.1) is 11.8 Å². The number of nitrogens with one attached hydrogen (secondary N) is 2. The number of hydrogen-bond donors (Lipinski definition) is 3. The first-order valence-electron chi connectivity index (χ1n) is 10.4. The Hall–Kier alpha value is -3.10. The van der Waals surface area contributed by atoms with Crippen molar-refractivity contribution in [1.29, 1.82) is 0 Å². The van der Waals surface area contributed by atoms with Crippen LogP contribution in [0.4, 0.5) is 4.79 Å². The normalized spacial score (nSPS) is 13.6. The molecule has 172 valence electrons. The number of ether oxygens (including phenoxy) is 2. The van der Waals surface area contributed by atoms with Crippen molar-refractivity contribution < 1.29 is 28.7 Å². The second-order valence-corrected chi connectivity index (χ2v) is 7.74. The molecule has 3 amide bonds. The summed E-state index contributed by atoms with van der Waals surface area (Å²) in [7, 11) is 0. The van der Waals surface area contributed by atoms with Crippen molar-refractivity contribution in [2.75, 3.05) is 6.61 Å². The highest BCUT2D eigenvalue weighted by Crippen LogP contribution is 2.11. The van der Waals surface area contributed by atoms with E-state index in [0.29, 0.717) is 6.42 Å². The van der Waals surface area contributed by atoms with Crippen molar-refractivity contribution in [3.8, 4) is 0 Å². The average Bonchev–Trinajstić information content (AvgIpc) is 2.71.